The van der Waals surface area contributed by atoms with E-state index in [1.54, 1.807) is 12.4 Å². The number of nitrogens with one attached hydrogen (secondary N) is 1. The minimum absolute atomic E-state index is 0.161. The van der Waals surface area contributed by atoms with Gasteiger partial charge in [-0.05, 0) is 26.0 Å². The van der Waals surface area contributed by atoms with Crippen LogP contribution < -0.4 is 5.32 Å². The molecule has 1 N–H and O–H groups in total. The van der Waals surface area contributed by atoms with E-state index >= 15 is 0 Å². The van der Waals surface area contributed by atoms with Gasteiger partial charge >= 0.3 is 0 Å². The van der Waals surface area contributed by atoms with Crippen LogP contribution in [0.1, 0.15) is 55.6 Å². The van der Waals surface area contributed by atoms with Crippen molar-refractivity contribution in [3.8, 4) is 0 Å². The van der Waals surface area contributed by atoms with Gasteiger partial charge in [0.2, 0.25) is 0 Å². The van der Waals surface area contributed by atoms with Gasteiger partial charge in [-0.15, -0.1) is 0 Å². The summed E-state index contributed by atoms with van der Waals surface area (Å²) in [5, 5.41) is 8.08. The normalized spacial score (nSPS) is 17.8. The molecule has 112 valence electrons. The zero-order valence-corrected chi connectivity index (χ0v) is 12.6. The third-order valence-electron chi connectivity index (χ3n) is 4.31. The van der Waals surface area contributed by atoms with Gasteiger partial charge < -0.3 is 5.32 Å². The highest BCUT2D eigenvalue weighted by Gasteiger charge is 2.18. The summed E-state index contributed by atoms with van der Waals surface area (Å²) in [4.78, 5) is 8.53. The van der Waals surface area contributed by atoms with E-state index in [2.05, 4.69) is 32.2 Å². The molecule has 0 aliphatic heterocycles. The minimum atomic E-state index is 0.161. The van der Waals surface area contributed by atoms with Gasteiger partial charge in [0, 0.05) is 31.2 Å². The number of aromatic nitrogens is 4. The predicted molar refractivity (Wildman–Crippen MR) is 81.9 cm³/mol. The molecule has 1 atom stereocenters. The number of hydrogen-bond acceptors (Lipinski definition) is 4. The lowest BCUT2D eigenvalue weighted by molar-refractivity contribution is 0.327. The van der Waals surface area contributed by atoms with Gasteiger partial charge in [-0.2, -0.15) is 5.10 Å². The van der Waals surface area contributed by atoms with Crippen LogP contribution >= 0.6 is 0 Å². The molecule has 1 fully saturated rings. The number of rotatable bonds is 5. The first-order valence-electron chi connectivity index (χ1n) is 7.84. The van der Waals surface area contributed by atoms with E-state index in [4.69, 9.17) is 5.10 Å². The number of hydrogen-bond donors (Lipinski definition) is 1. The molecule has 2 aromatic heterocycles. The third-order valence-corrected chi connectivity index (χ3v) is 4.31. The van der Waals surface area contributed by atoms with Crippen molar-refractivity contribution in [2.24, 2.45) is 0 Å². The first kappa shape index (κ1) is 14.2. The molecule has 1 saturated carbocycles. The highest BCUT2D eigenvalue weighted by molar-refractivity contribution is 5.09. The van der Waals surface area contributed by atoms with Gasteiger partial charge in [0.05, 0.1) is 23.5 Å². The van der Waals surface area contributed by atoms with Gasteiger partial charge in [-0.25, -0.2) is 0 Å². The lowest BCUT2D eigenvalue weighted by atomic mass is 9.96. The van der Waals surface area contributed by atoms with Crippen molar-refractivity contribution in [2.45, 2.75) is 50.6 Å². The summed E-state index contributed by atoms with van der Waals surface area (Å²) in [6.07, 6.45) is 14.8. The molecular formula is C16H23N5. The van der Waals surface area contributed by atoms with Crippen LogP contribution in [0.25, 0.3) is 0 Å². The van der Waals surface area contributed by atoms with E-state index in [1.165, 1.54) is 32.1 Å². The van der Waals surface area contributed by atoms with E-state index < -0.39 is 0 Å². The molecular weight excluding hydrogens is 262 g/mol. The molecule has 0 spiro atoms. The molecule has 2 heterocycles. The molecule has 0 amide bonds. The van der Waals surface area contributed by atoms with Crippen LogP contribution in [0.4, 0.5) is 0 Å². The highest BCUT2D eigenvalue weighted by atomic mass is 15.3. The van der Waals surface area contributed by atoms with E-state index in [-0.39, 0.29) is 6.04 Å². The maximum absolute atomic E-state index is 4.78. The van der Waals surface area contributed by atoms with Crippen molar-refractivity contribution in [1.82, 2.24) is 25.1 Å². The van der Waals surface area contributed by atoms with Crippen LogP contribution in [-0.2, 0) is 6.42 Å². The van der Waals surface area contributed by atoms with E-state index in [0.717, 1.165) is 17.8 Å². The van der Waals surface area contributed by atoms with Gasteiger partial charge in [0.25, 0.3) is 0 Å². The van der Waals surface area contributed by atoms with E-state index in [0.29, 0.717) is 6.04 Å². The van der Waals surface area contributed by atoms with Crippen molar-refractivity contribution in [3.63, 3.8) is 0 Å². The van der Waals surface area contributed by atoms with Crippen LogP contribution in [0.15, 0.2) is 30.9 Å². The largest absolute Gasteiger partial charge is 0.311 e. The third kappa shape index (κ3) is 3.47. The van der Waals surface area contributed by atoms with Crippen molar-refractivity contribution < 1.29 is 0 Å². The standard InChI is InChI=1S/C16H23N5/c1-17-15(16-12-18-8-9-19-16)11-13-7-10-21(20-13)14-5-3-2-4-6-14/h7-10,12,14-15,17H,2-6,11H2,1H3. The molecule has 1 aliphatic rings. The summed E-state index contributed by atoms with van der Waals surface area (Å²) < 4.78 is 2.16. The monoisotopic (exact) mass is 285 g/mol. The molecule has 5 heteroatoms. The lowest BCUT2D eigenvalue weighted by Gasteiger charge is -2.22. The average molecular weight is 285 g/mol. The fraction of sp³-hybridized carbons (Fsp3) is 0.562. The zero-order chi connectivity index (χ0) is 14.5. The smallest absolute Gasteiger partial charge is 0.0759 e. The van der Waals surface area contributed by atoms with E-state index in [1.807, 2.05) is 13.2 Å². The van der Waals surface area contributed by atoms with Crippen molar-refractivity contribution in [3.05, 3.63) is 42.2 Å². The van der Waals surface area contributed by atoms with Gasteiger partial charge in [-0.3, -0.25) is 14.6 Å². The Morgan fingerprint density at radius 3 is 2.86 bits per heavy atom. The maximum Gasteiger partial charge on any atom is 0.0759 e. The molecule has 5 nitrogen and oxygen atoms in total. The second kappa shape index (κ2) is 6.80. The molecule has 2 aromatic rings. The summed E-state index contributed by atoms with van der Waals surface area (Å²) in [7, 11) is 1.96. The molecule has 1 unspecified atom stereocenters. The Balaban J connectivity index is 1.68. The SMILES string of the molecule is CNC(Cc1ccn(C2CCCCC2)n1)c1cnccn1. The van der Waals surface area contributed by atoms with Gasteiger partial charge in [-0.1, -0.05) is 19.3 Å². The molecule has 1 aliphatic carbocycles. The highest BCUT2D eigenvalue weighted by Crippen LogP contribution is 2.27. The Kier molecular flexibility index (Phi) is 4.60. The maximum atomic E-state index is 4.78. The average Bonchev–Trinajstić information content (AvgIpc) is 3.03. The van der Waals surface area contributed by atoms with Crippen molar-refractivity contribution >= 4 is 0 Å². The number of nitrogens with zero attached hydrogens (tertiary/aromatic N) is 4. The minimum Gasteiger partial charge on any atom is -0.311 e. The Hall–Kier alpha value is -1.75. The quantitative estimate of drug-likeness (QED) is 0.917. The second-order valence-electron chi connectivity index (χ2n) is 5.75. The lowest BCUT2D eigenvalue weighted by Crippen LogP contribution is -2.21. The Morgan fingerprint density at radius 1 is 1.29 bits per heavy atom. The molecule has 0 aromatic carbocycles. The topological polar surface area (TPSA) is 55.6 Å². The first-order chi connectivity index (χ1) is 10.4. The first-order valence-corrected chi connectivity index (χ1v) is 7.84. The van der Waals surface area contributed by atoms with Crippen molar-refractivity contribution in [2.75, 3.05) is 7.05 Å². The molecule has 0 radical (unpaired) electrons. The molecule has 0 bridgehead atoms. The fourth-order valence-electron chi connectivity index (χ4n) is 3.09. The summed E-state index contributed by atoms with van der Waals surface area (Å²) >= 11 is 0. The molecule has 0 saturated heterocycles. The van der Waals surface area contributed by atoms with E-state index in [9.17, 15) is 0 Å². The number of likely N-dealkylation sites (N-methyl/N-ethyl adjacent to an activating group) is 1. The molecule has 21 heavy (non-hydrogen) atoms. The van der Waals surface area contributed by atoms with Crippen LogP contribution in [0, 0.1) is 0 Å². The molecule has 3 rings (SSSR count). The summed E-state index contributed by atoms with van der Waals surface area (Å²) in [6, 6.07) is 2.89. The van der Waals surface area contributed by atoms with Crippen LogP contribution in [0.5, 0.6) is 0 Å². The van der Waals surface area contributed by atoms with Crippen LogP contribution in [0.3, 0.4) is 0 Å². The second-order valence-corrected chi connectivity index (χ2v) is 5.75. The Morgan fingerprint density at radius 2 is 2.14 bits per heavy atom. The summed E-state index contributed by atoms with van der Waals surface area (Å²) in [6.45, 7) is 0. The Bertz CT molecular complexity index is 545. The van der Waals surface area contributed by atoms with Crippen LogP contribution in [-0.4, -0.2) is 26.8 Å². The summed E-state index contributed by atoms with van der Waals surface area (Å²) in [5.41, 5.74) is 2.08. The van der Waals surface area contributed by atoms with Crippen molar-refractivity contribution in [1.29, 1.82) is 0 Å². The Labute approximate surface area is 125 Å². The van der Waals surface area contributed by atoms with Gasteiger partial charge in [0.15, 0.2) is 0 Å². The van der Waals surface area contributed by atoms with Gasteiger partial charge in [0.1, 0.15) is 0 Å². The fourth-order valence-corrected chi connectivity index (χ4v) is 3.09. The summed E-state index contributed by atoms with van der Waals surface area (Å²) in [5.74, 6) is 0. The zero-order valence-electron chi connectivity index (χ0n) is 12.6. The predicted octanol–water partition coefficient (Wildman–Crippen LogP) is 2.68. The van der Waals surface area contributed by atoms with Crippen LogP contribution in [0.2, 0.25) is 0 Å².